The van der Waals surface area contributed by atoms with Crippen LogP contribution in [-0.4, -0.2) is 22.8 Å². The van der Waals surface area contributed by atoms with Gasteiger partial charge in [-0.2, -0.15) is 23.4 Å². The zero-order chi connectivity index (χ0) is 26.6. The molecule has 0 aliphatic heterocycles. The molecule has 4 aliphatic carbocycles. The average Bonchev–Trinajstić information content (AvgIpc) is 2.84. The van der Waals surface area contributed by atoms with Gasteiger partial charge in [0.2, 0.25) is 12.1 Å². The molecule has 3 N–H and O–H groups in total. The third kappa shape index (κ3) is 4.47. The Hall–Kier alpha value is -3.41. The summed E-state index contributed by atoms with van der Waals surface area (Å²) in [6.07, 6.45) is 2.91. The Bertz CT molecular complexity index is 1240. The molecule has 2 atom stereocenters. The third-order valence-corrected chi connectivity index (χ3v) is 8.85. The number of carbonyl (C=O) groups is 1. The minimum absolute atomic E-state index is 0.131. The lowest BCUT2D eigenvalue weighted by atomic mass is 9.47. The van der Waals surface area contributed by atoms with E-state index >= 15 is 0 Å². The van der Waals surface area contributed by atoms with Gasteiger partial charge in [-0.3, -0.25) is 9.78 Å². The third-order valence-electron chi connectivity index (χ3n) is 8.85. The van der Waals surface area contributed by atoms with Gasteiger partial charge in [0, 0.05) is 28.6 Å². The van der Waals surface area contributed by atoms with Crippen LogP contribution in [0.4, 0.5) is 13.2 Å². The summed E-state index contributed by atoms with van der Waals surface area (Å²) in [5, 5.41) is 13.1. The minimum atomic E-state index is -4.43. The zero-order valence-electron chi connectivity index (χ0n) is 20.8. The van der Waals surface area contributed by atoms with E-state index in [-0.39, 0.29) is 17.4 Å². The molecule has 2 aromatic rings. The number of halogens is 3. The highest BCUT2D eigenvalue weighted by atomic mass is 19.4. The monoisotopic (exact) mass is 509 g/mol. The van der Waals surface area contributed by atoms with Gasteiger partial charge in [0.15, 0.2) is 0 Å². The van der Waals surface area contributed by atoms with Crippen molar-refractivity contribution in [2.24, 2.45) is 33.9 Å². The summed E-state index contributed by atoms with van der Waals surface area (Å²) in [6.45, 7) is 3.98. The lowest BCUT2D eigenvalue weighted by molar-refractivity contribution is -0.145. The van der Waals surface area contributed by atoms with Gasteiger partial charge in [0.05, 0.1) is 11.3 Å². The van der Waals surface area contributed by atoms with E-state index < -0.39 is 17.2 Å². The van der Waals surface area contributed by atoms with E-state index in [0.717, 1.165) is 49.9 Å². The lowest BCUT2D eigenvalue weighted by Crippen LogP contribution is -2.63. The maximum absolute atomic E-state index is 12.9. The second-order valence-corrected chi connectivity index (χ2v) is 11.5. The largest absolute Gasteiger partial charge is 0.417 e. The number of nitrogens with one attached hydrogen (secondary N) is 1. The number of pyridine rings is 1. The molecule has 4 aliphatic rings. The van der Waals surface area contributed by atoms with Crippen molar-refractivity contribution < 1.29 is 18.0 Å². The fourth-order valence-electron chi connectivity index (χ4n) is 7.05. The van der Waals surface area contributed by atoms with Crippen LogP contribution in [0.25, 0.3) is 11.3 Å². The van der Waals surface area contributed by atoms with Crippen LogP contribution in [0.2, 0.25) is 0 Å². The average molecular weight is 510 g/mol. The van der Waals surface area contributed by atoms with E-state index in [9.17, 15) is 23.2 Å². The smallest absolute Gasteiger partial charge is 0.369 e. The molecule has 4 bridgehead atoms. The Morgan fingerprint density at radius 1 is 1.08 bits per heavy atom. The topological polar surface area (TPSA) is 104 Å². The molecule has 1 amide bonds. The summed E-state index contributed by atoms with van der Waals surface area (Å²) in [7, 11) is 0. The SMILES string of the molecule is CC(C)(/C(=N\C#N)NC1C2CC3CC1CC(C(N)=O)(C3)C2)c1ccc(-c2ccc(C(F)(F)F)cn2)cc1. The van der Waals surface area contributed by atoms with Gasteiger partial charge < -0.3 is 11.1 Å². The molecule has 2 unspecified atom stereocenters. The molecule has 0 saturated heterocycles. The van der Waals surface area contributed by atoms with E-state index in [0.29, 0.717) is 34.8 Å². The van der Waals surface area contributed by atoms with Crippen LogP contribution in [-0.2, 0) is 16.4 Å². The van der Waals surface area contributed by atoms with Crippen molar-refractivity contribution in [3.63, 3.8) is 0 Å². The van der Waals surface area contributed by atoms with E-state index in [1.165, 1.54) is 6.07 Å². The molecule has 6 nitrogen and oxygen atoms in total. The summed E-state index contributed by atoms with van der Waals surface area (Å²) in [6, 6.07) is 9.93. The highest BCUT2D eigenvalue weighted by molar-refractivity contribution is 5.93. The molecular formula is C28H30F3N5O. The number of nitriles is 1. The number of primary amides is 1. The molecule has 37 heavy (non-hydrogen) atoms. The molecule has 0 spiro atoms. The number of hydrogen-bond acceptors (Lipinski definition) is 4. The summed E-state index contributed by atoms with van der Waals surface area (Å²) < 4.78 is 38.6. The van der Waals surface area contributed by atoms with E-state index in [1.807, 2.05) is 44.3 Å². The van der Waals surface area contributed by atoms with Crippen LogP contribution in [0.3, 0.4) is 0 Å². The van der Waals surface area contributed by atoms with Crippen LogP contribution in [0.1, 0.15) is 57.1 Å². The number of nitrogens with zero attached hydrogens (tertiary/aromatic N) is 3. The molecule has 6 rings (SSSR count). The Kier molecular flexibility index (Phi) is 6.05. The fourth-order valence-corrected chi connectivity index (χ4v) is 7.05. The number of nitrogens with two attached hydrogens (primary N) is 1. The Morgan fingerprint density at radius 2 is 1.70 bits per heavy atom. The van der Waals surface area contributed by atoms with Gasteiger partial charge >= 0.3 is 6.18 Å². The Balaban J connectivity index is 1.36. The molecule has 194 valence electrons. The summed E-state index contributed by atoms with van der Waals surface area (Å²) in [5.41, 5.74) is 6.07. The number of aromatic nitrogens is 1. The molecular weight excluding hydrogens is 479 g/mol. The quantitative estimate of drug-likeness (QED) is 0.329. The molecule has 0 radical (unpaired) electrons. The lowest BCUT2D eigenvalue weighted by Gasteiger charge is -2.59. The van der Waals surface area contributed by atoms with Gasteiger partial charge in [-0.15, -0.1) is 0 Å². The first kappa shape index (κ1) is 25.2. The van der Waals surface area contributed by atoms with Crippen LogP contribution >= 0.6 is 0 Å². The number of amides is 1. The number of carbonyl (C=O) groups excluding carboxylic acids is 1. The Morgan fingerprint density at radius 3 is 2.22 bits per heavy atom. The molecule has 1 aromatic heterocycles. The second kappa shape index (κ2) is 8.86. The van der Waals surface area contributed by atoms with Crippen molar-refractivity contribution in [2.45, 2.75) is 63.6 Å². The van der Waals surface area contributed by atoms with Gasteiger partial charge in [-0.05, 0) is 81.4 Å². The van der Waals surface area contributed by atoms with Gasteiger partial charge in [-0.25, -0.2) is 0 Å². The van der Waals surface area contributed by atoms with Crippen molar-refractivity contribution in [1.82, 2.24) is 10.3 Å². The first-order valence-corrected chi connectivity index (χ1v) is 12.6. The molecule has 9 heteroatoms. The van der Waals surface area contributed by atoms with Gasteiger partial charge in [0.25, 0.3) is 0 Å². The van der Waals surface area contributed by atoms with E-state index in [4.69, 9.17) is 5.73 Å². The number of aliphatic imine (C=N–C) groups is 1. The first-order chi connectivity index (χ1) is 17.4. The van der Waals surface area contributed by atoms with Crippen molar-refractivity contribution in [1.29, 1.82) is 5.26 Å². The Labute approximate surface area is 214 Å². The normalized spacial score (nSPS) is 29.1. The van der Waals surface area contributed by atoms with Crippen molar-refractivity contribution >= 4 is 11.7 Å². The summed E-state index contributed by atoms with van der Waals surface area (Å²) in [5.74, 6) is 1.54. The number of rotatable bonds is 5. The van der Waals surface area contributed by atoms with Gasteiger partial charge in [-0.1, -0.05) is 24.3 Å². The number of amidine groups is 1. The van der Waals surface area contributed by atoms with Gasteiger partial charge in [0.1, 0.15) is 5.84 Å². The zero-order valence-corrected chi connectivity index (χ0v) is 20.8. The second-order valence-electron chi connectivity index (χ2n) is 11.5. The van der Waals surface area contributed by atoms with Crippen LogP contribution in [0.15, 0.2) is 47.6 Å². The van der Waals surface area contributed by atoms with Crippen LogP contribution in [0, 0.1) is 34.6 Å². The highest BCUT2D eigenvalue weighted by Crippen LogP contribution is 2.60. The summed E-state index contributed by atoms with van der Waals surface area (Å²) >= 11 is 0. The molecule has 4 saturated carbocycles. The fraction of sp³-hybridized carbons (Fsp3) is 0.500. The molecule has 1 heterocycles. The molecule has 1 aromatic carbocycles. The minimum Gasteiger partial charge on any atom is -0.369 e. The maximum Gasteiger partial charge on any atom is 0.417 e. The maximum atomic E-state index is 12.9. The summed E-state index contributed by atoms with van der Waals surface area (Å²) in [4.78, 5) is 20.5. The predicted molar refractivity (Wildman–Crippen MR) is 133 cm³/mol. The van der Waals surface area contributed by atoms with Crippen molar-refractivity contribution in [3.05, 3.63) is 53.7 Å². The standard InChI is InChI=1S/C28H30F3N5O/c1-26(2,20-5-3-17(4-6-20)22-8-7-21(14-34-22)28(29,30)31)25(35-15-32)36-23-18-9-16-10-19(23)13-27(11-16,12-18)24(33)37/h3-8,14,16,18-19,23H,9-13H2,1-2H3,(H2,33,37)(H,35,36). The highest BCUT2D eigenvalue weighted by Gasteiger charge is 2.58. The van der Waals surface area contributed by atoms with Crippen LogP contribution in [0.5, 0.6) is 0 Å². The molecule has 4 fully saturated rings. The van der Waals surface area contributed by atoms with Crippen LogP contribution < -0.4 is 11.1 Å². The van der Waals surface area contributed by atoms with E-state index in [1.54, 1.807) is 0 Å². The van der Waals surface area contributed by atoms with Crippen molar-refractivity contribution in [3.8, 4) is 17.5 Å². The number of benzene rings is 1. The van der Waals surface area contributed by atoms with E-state index in [2.05, 4.69) is 15.3 Å². The predicted octanol–water partition coefficient (Wildman–Crippen LogP) is 5.19. The van der Waals surface area contributed by atoms with Crippen molar-refractivity contribution in [2.75, 3.05) is 0 Å². The first-order valence-electron chi connectivity index (χ1n) is 12.6. The number of hydrogen-bond donors (Lipinski definition) is 2. The number of alkyl halides is 3.